The molecule has 0 saturated heterocycles. The number of imidazole rings is 1. The van der Waals surface area contributed by atoms with Crippen molar-refractivity contribution < 1.29 is 4.79 Å². The lowest BCUT2D eigenvalue weighted by Gasteiger charge is -2.07. The van der Waals surface area contributed by atoms with E-state index in [1.807, 2.05) is 73.0 Å². The summed E-state index contributed by atoms with van der Waals surface area (Å²) in [5.74, 6) is 0.658. The van der Waals surface area contributed by atoms with E-state index in [0.29, 0.717) is 10.7 Å². The fraction of sp³-hybridized carbons (Fsp3) is 0.0435. The maximum atomic E-state index is 12.8. The standard InChI is InChI=1S/C23H17N5OS/c1-15-25-19-12-16(9-10-21(19)28(15)18-7-3-2-4-8-18)22(29)27-23-26-20(14-30-23)17-6-5-11-24-13-17/h2-14H,1H3,(H,26,27,29). The Hall–Kier alpha value is -3.84. The van der Waals surface area contributed by atoms with Crippen molar-refractivity contribution in [3.05, 3.63) is 89.8 Å². The number of aromatic nitrogens is 4. The highest BCUT2D eigenvalue weighted by Crippen LogP contribution is 2.26. The molecule has 0 aliphatic carbocycles. The number of nitrogens with zero attached hydrogens (tertiary/aromatic N) is 4. The van der Waals surface area contributed by atoms with Crippen LogP contribution in [-0.4, -0.2) is 25.4 Å². The lowest BCUT2D eigenvalue weighted by Crippen LogP contribution is -2.11. The van der Waals surface area contributed by atoms with Crippen LogP contribution in [0.25, 0.3) is 28.0 Å². The Morgan fingerprint density at radius 3 is 2.70 bits per heavy atom. The molecule has 0 saturated carbocycles. The van der Waals surface area contributed by atoms with Crippen LogP contribution in [0, 0.1) is 6.92 Å². The lowest BCUT2D eigenvalue weighted by atomic mass is 10.2. The monoisotopic (exact) mass is 411 g/mol. The highest BCUT2D eigenvalue weighted by Gasteiger charge is 2.14. The second kappa shape index (κ2) is 7.53. The van der Waals surface area contributed by atoms with Crippen molar-refractivity contribution in [2.24, 2.45) is 0 Å². The summed E-state index contributed by atoms with van der Waals surface area (Å²) < 4.78 is 2.08. The van der Waals surface area contributed by atoms with Gasteiger partial charge < -0.3 is 0 Å². The summed E-state index contributed by atoms with van der Waals surface area (Å²) in [6.45, 7) is 1.96. The second-order valence-electron chi connectivity index (χ2n) is 6.77. The van der Waals surface area contributed by atoms with E-state index in [4.69, 9.17) is 0 Å². The smallest absolute Gasteiger partial charge is 0.257 e. The summed E-state index contributed by atoms with van der Waals surface area (Å²) in [5, 5.41) is 5.33. The molecule has 0 fully saturated rings. The van der Waals surface area contributed by atoms with E-state index >= 15 is 0 Å². The summed E-state index contributed by atoms with van der Waals surface area (Å²) in [5.41, 5.74) is 5.02. The van der Waals surface area contributed by atoms with Gasteiger partial charge in [0.05, 0.1) is 16.7 Å². The first-order valence-corrected chi connectivity index (χ1v) is 10.3. The maximum absolute atomic E-state index is 12.8. The van der Waals surface area contributed by atoms with Gasteiger partial charge in [-0.15, -0.1) is 11.3 Å². The van der Waals surface area contributed by atoms with E-state index in [1.165, 1.54) is 11.3 Å². The Bertz CT molecular complexity index is 1340. The van der Waals surface area contributed by atoms with Crippen LogP contribution in [0.1, 0.15) is 16.2 Å². The van der Waals surface area contributed by atoms with E-state index in [-0.39, 0.29) is 5.91 Å². The quantitative estimate of drug-likeness (QED) is 0.446. The summed E-state index contributed by atoms with van der Waals surface area (Å²) in [4.78, 5) is 26.0. The zero-order chi connectivity index (χ0) is 20.5. The third-order valence-electron chi connectivity index (χ3n) is 4.78. The molecule has 0 bridgehead atoms. The molecule has 5 aromatic rings. The molecule has 1 amide bonds. The van der Waals surface area contributed by atoms with Crippen LogP contribution >= 0.6 is 11.3 Å². The van der Waals surface area contributed by atoms with Gasteiger partial charge >= 0.3 is 0 Å². The second-order valence-corrected chi connectivity index (χ2v) is 7.63. The van der Waals surface area contributed by atoms with Gasteiger partial charge in [-0.1, -0.05) is 18.2 Å². The minimum absolute atomic E-state index is 0.212. The van der Waals surface area contributed by atoms with Gasteiger partial charge in [-0.3, -0.25) is 19.7 Å². The van der Waals surface area contributed by atoms with E-state index in [2.05, 4.69) is 24.8 Å². The van der Waals surface area contributed by atoms with E-state index in [1.54, 1.807) is 12.4 Å². The molecular formula is C23H17N5OS. The summed E-state index contributed by atoms with van der Waals surface area (Å²) >= 11 is 1.38. The van der Waals surface area contributed by atoms with Crippen molar-refractivity contribution in [2.75, 3.05) is 5.32 Å². The minimum Gasteiger partial charge on any atom is -0.298 e. The number of benzene rings is 2. The van der Waals surface area contributed by atoms with Gasteiger partial charge in [0.2, 0.25) is 0 Å². The molecule has 146 valence electrons. The van der Waals surface area contributed by atoms with Crippen LogP contribution in [0.3, 0.4) is 0 Å². The van der Waals surface area contributed by atoms with Crippen molar-refractivity contribution in [3.8, 4) is 16.9 Å². The number of carbonyl (C=O) groups is 1. The van der Waals surface area contributed by atoms with Gasteiger partial charge in [0.1, 0.15) is 5.82 Å². The van der Waals surface area contributed by atoms with Gasteiger partial charge in [0.15, 0.2) is 5.13 Å². The number of amides is 1. The molecule has 5 rings (SSSR count). The third kappa shape index (κ3) is 3.35. The molecule has 3 aromatic heterocycles. The number of aryl methyl sites for hydroxylation is 1. The van der Waals surface area contributed by atoms with Crippen LogP contribution in [0.5, 0.6) is 0 Å². The molecule has 7 heteroatoms. The van der Waals surface area contributed by atoms with Gasteiger partial charge in [-0.25, -0.2) is 9.97 Å². The summed E-state index contributed by atoms with van der Waals surface area (Å²) in [6, 6.07) is 19.4. The minimum atomic E-state index is -0.212. The van der Waals surface area contributed by atoms with Crippen LogP contribution < -0.4 is 5.32 Å². The Labute approximate surface area is 176 Å². The first-order chi connectivity index (χ1) is 14.7. The summed E-state index contributed by atoms with van der Waals surface area (Å²) in [6.07, 6.45) is 3.47. The molecule has 3 heterocycles. The Kier molecular flexibility index (Phi) is 4.57. The average molecular weight is 411 g/mol. The predicted octanol–water partition coefficient (Wildman–Crippen LogP) is 5.10. The molecule has 0 aliphatic heterocycles. The highest BCUT2D eigenvalue weighted by molar-refractivity contribution is 7.14. The lowest BCUT2D eigenvalue weighted by molar-refractivity contribution is 0.102. The molecule has 2 aromatic carbocycles. The molecule has 1 N–H and O–H groups in total. The molecule has 0 aliphatic rings. The van der Waals surface area contributed by atoms with Crippen molar-refractivity contribution in [1.29, 1.82) is 0 Å². The fourth-order valence-electron chi connectivity index (χ4n) is 3.39. The molecule has 0 unspecified atom stereocenters. The Balaban J connectivity index is 1.42. The number of pyridine rings is 1. The van der Waals surface area contributed by atoms with Crippen LogP contribution in [-0.2, 0) is 0 Å². The number of rotatable bonds is 4. The first-order valence-electron chi connectivity index (χ1n) is 9.41. The third-order valence-corrected chi connectivity index (χ3v) is 5.54. The number of hydrogen-bond donors (Lipinski definition) is 1. The van der Waals surface area contributed by atoms with Crippen LogP contribution in [0.4, 0.5) is 5.13 Å². The zero-order valence-electron chi connectivity index (χ0n) is 16.1. The van der Waals surface area contributed by atoms with Gasteiger partial charge in [-0.05, 0) is 49.4 Å². The van der Waals surface area contributed by atoms with Gasteiger partial charge in [0.25, 0.3) is 5.91 Å². The average Bonchev–Trinajstić information content (AvgIpc) is 3.38. The number of hydrogen-bond acceptors (Lipinski definition) is 5. The highest BCUT2D eigenvalue weighted by atomic mass is 32.1. The molecule has 0 spiro atoms. The van der Waals surface area contributed by atoms with Crippen molar-refractivity contribution >= 4 is 33.4 Å². The molecule has 0 atom stereocenters. The van der Waals surface area contributed by atoms with Gasteiger partial charge in [0, 0.05) is 34.6 Å². The number of nitrogens with one attached hydrogen (secondary N) is 1. The molecular weight excluding hydrogens is 394 g/mol. The van der Waals surface area contributed by atoms with Gasteiger partial charge in [-0.2, -0.15) is 0 Å². The normalized spacial score (nSPS) is 11.0. The Morgan fingerprint density at radius 1 is 1.03 bits per heavy atom. The van der Waals surface area contributed by atoms with Crippen molar-refractivity contribution in [2.45, 2.75) is 6.92 Å². The maximum Gasteiger partial charge on any atom is 0.257 e. The first kappa shape index (κ1) is 18.2. The van der Waals surface area contributed by atoms with Crippen LogP contribution in [0.2, 0.25) is 0 Å². The number of anilines is 1. The van der Waals surface area contributed by atoms with Crippen molar-refractivity contribution in [3.63, 3.8) is 0 Å². The topological polar surface area (TPSA) is 72.7 Å². The number of thiazole rings is 1. The Morgan fingerprint density at radius 2 is 1.90 bits per heavy atom. The van der Waals surface area contributed by atoms with E-state index < -0.39 is 0 Å². The molecule has 0 radical (unpaired) electrons. The fourth-order valence-corrected chi connectivity index (χ4v) is 4.11. The zero-order valence-corrected chi connectivity index (χ0v) is 16.9. The van der Waals surface area contributed by atoms with Crippen LogP contribution in [0.15, 0.2) is 78.4 Å². The largest absolute Gasteiger partial charge is 0.298 e. The predicted molar refractivity (Wildman–Crippen MR) is 119 cm³/mol. The van der Waals surface area contributed by atoms with Crippen molar-refractivity contribution in [1.82, 2.24) is 19.5 Å². The SMILES string of the molecule is Cc1nc2cc(C(=O)Nc3nc(-c4cccnc4)cs3)ccc2n1-c1ccccc1. The number of carbonyl (C=O) groups excluding carboxylic acids is 1. The molecule has 30 heavy (non-hydrogen) atoms. The number of para-hydroxylation sites is 1. The summed E-state index contributed by atoms with van der Waals surface area (Å²) in [7, 11) is 0. The van der Waals surface area contributed by atoms with E-state index in [0.717, 1.165) is 33.8 Å². The number of fused-ring (bicyclic) bond motifs is 1. The molecule has 6 nitrogen and oxygen atoms in total. The van der Waals surface area contributed by atoms with E-state index in [9.17, 15) is 4.79 Å².